The number of hydrogen-bond donors (Lipinski definition) is 0. The van der Waals surface area contributed by atoms with Crippen molar-refractivity contribution in [2.45, 2.75) is 17.1 Å². The van der Waals surface area contributed by atoms with E-state index in [4.69, 9.17) is 0 Å². The number of benzene rings is 3. The molecule has 3 aromatic carbocycles. The maximum Gasteiger partial charge on any atom is 0.0231 e. The van der Waals surface area contributed by atoms with Gasteiger partial charge >= 0.3 is 0 Å². The van der Waals surface area contributed by atoms with Crippen LogP contribution in [0.2, 0.25) is 0 Å². The summed E-state index contributed by atoms with van der Waals surface area (Å²) in [7, 11) is 0. The summed E-state index contributed by atoms with van der Waals surface area (Å²) >= 11 is 1.89. The number of thioether (sulfide) groups is 1. The monoisotopic (exact) mass is 290 g/mol. The molecule has 0 aliphatic heterocycles. The van der Waals surface area contributed by atoms with E-state index in [1.165, 1.54) is 21.6 Å². The second kappa shape index (κ2) is 7.14. The average Bonchev–Trinajstić information content (AvgIpc) is 2.56. The summed E-state index contributed by atoms with van der Waals surface area (Å²) < 4.78 is 0. The SMILES string of the molecule is c1ccc(CSc2ccc(Cc3ccccc3)cc2)cc1. The molecular weight excluding hydrogens is 272 g/mol. The number of hydrogen-bond acceptors (Lipinski definition) is 1. The van der Waals surface area contributed by atoms with Gasteiger partial charge in [0.25, 0.3) is 0 Å². The minimum atomic E-state index is 1.00. The molecule has 0 heterocycles. The topological polar surface area (TPSA) is 0 Å². The molecule has 0 radical (unpaired) electrons. The Morgan fingerprint density at radius 1 is 0.524 bits per heavy atom. The van der Waals surface area contributed by atoms with Gasteiger partial charge < -0.3 is 0 Å². The molecule has 1 heteroatoms. The Bertz CT molecular complexity index is 657. The summed E-state index contributed by atoms with van der Waals surface area (Å²) in [6.07, 6.45) is 1.00. The van der Waals surface area contributed by atoms with Gasteiger partial charge in [-0.25, -0.2) is 0 Å². The van der Waals surface area contributed by atoms with Gasteiger partial charge in [0.2, 0.25) is 0 Å². The van der Waals surface area contributed by atoms with Crippen molar-refractivity contribution in [2.75, 3.05) is 0 Å². The fourth-order valence-corrected chi connectivity index (χ4v) is 3.13. The third-order valence-electron chi connectivity index (χ3n) is 3.42. The Hall–Kier alpha value is -1.99. The zero-order valence-corrected chi connectivity index (χ0v) is 12.7. The largest absolute Gasteiger partial charge is 0.121 e. The first-order chi connectivity index (χ1) is 10.4. The van der Waals surface area contributed by atoms with E-state index in [1.807, 2.05) is 11.8 Å². The first-order valence-electron chi connectivity index (χ1n) is 7.20. The molecule has 0 fully saturated rings. The van der Waals surface area contributed by atoms with Crippen LogP contribution in [0.4, 0.5) is 0 Å². The van der Waals surface area contributed by atoms with Crippen molar-refractivity contribution in [2.24, 2.45) is 0 Å². The predicted octanol–water partition coefficient (Wildman–Crippen LogP) is 5.57. The smallest absolute Gasteiger partial charge is 0.0231 e. The van der Waals surface area contributed by atoms with E-state index in [1.54, 1.807) is 0 Å². The summed E-state index contributed by atoms with van der Waals surface area (Å²) in [5, 5.41) is 0. The van der Waals surface area contributed by atoms with Crippen LogP contribution in [-0.4, -0.2) is 0 Å². The van der Waals surface area contributed by atoms with Crippen molar-refractivity contribution in [3.05, 3.63) is 102 Å². The van der Waals surface area contributed by atoms with Crippen LogP contribution in [0.3, 0.4) is 0 Å². The van der Waals surface area contributed by atoms with Crippen LogP contribution >= 0.6 is 11.8 Å². The third-order valence-corrected chi connectivity index (χ3v) is 4.51. The lowest BCUT2D eigenvalue weighted by molar-refractivity contribution is 1.18. The number of rotatable bonds is 5. The summed E-state index contributed by atoms with van der Waals surface area (Å²) in [5.74, 6) is 1.03. The summed E-state index contributed by atoms with van der Waals surface area (Å²) in [4.78, 5) is 1.33. The predicted molar refractivity (Wildman–Crippen MR) is 91.7 cm³/mol. The van der Waals surface area contributed by atoms with Crippen LogP contribution in [0.1, 0.15) is 16.7 Å². The maximum atomic E-state index is 2.24. The van der Waals surface area contributed by atoms with E-state index >= 15 is 0 Å². The second-order valence-electron chi connectivity index (χ2n) is 5.08. The minimum Gasteiger partial charge on any atom is -0.121 e. The van der Waals surface area contributed by atoms with E-state index in [0.717, 1.165) is 12.2 Å². The van der Waals surface area contributed by atoms with E-state index in [2.05, 4.69) is 84.9 Å². The van der Waals surface area contributed by atoms with Crippen LogP contribution in [0, 0.1) is 0 Å². The van der Waals surface area contributed by atoms with Crippen molar-refractivity contribution in [3.8, 4) is 0 Å². The molecule has 3 rings (SSSR count). The molecule has 3 aromatic rings. The Balaban J connectivity index is 1.59. The highest BCUT2D eigenvalue weighted by molar-refractivity contribution is 7.98. The van der Waals surface area contributed by atoms with E-state index in [9.17, 15) is 0 Å². The molecule has 104 valence electrons. The molecule has 0 saturated carbocycles. The Morgan fingerprint density at radius 2 is 1.05 bits per heavy atom. The Labute approximate surface area is 130 Å². The van der Waals surface area contributed by atoms with Gasteiger partial charge in [0.1, 0.15) is 0 Å². The maximum absolute atomic E-state index is 2.24. The molecule has 0 unspecified atom stereocenters. The lowest BCUT2D eigenvalue weighted by Gasteiger charge is -2.05. The van der Waals surface area contributed by atoms with Gasteiger partial charge in [-0.05, 0) is 35.2 Å². The normalized spacial score (nSPS) is 10.5. The van der Waals surface area contributed by atoms with Crippen molar-refractivity contribution in [1.82, 2.24) is 0 Å². The van der Waals surface area contributed by atoms with Crippen LogP contribution in [0.25, 0.3) is 0 Å². The zero-order valence-electron chi connectivity index (χ0n) is 11.9. The molecule has 0 aromatic heterocycles. The highest BCUT2D eigenvalue weighted by Crippen LogP contribution is 2.23. The molecule has 0 bridgehead atoms. The fourth-order valence-electron chi connectivity index (χ4n) is 2.28. The summed E-state index contributed by atoms with van der Waals surface area (Å²) in [5.41, 5.74) is 4.10. The van der Waals surface area contributed by atoms with Gasteiger partial charge in [0, 0.05) is 10.6 Å². The van der Waals surface area contributed by atoms with Gasteiger partial charge in [0.15, 0.2) is 0 Å². The standard InChI is InChI=1S/C20H18S/c1-3-7-17(8-4-1)15-18-11-13-20(14-12-18)21-16-19-9-5-2-6-10-19/h1-14H,15-16H2. The molecule has 0 N–H and O–H groups in total. The molecule has 21 heavy (non-hydrogen) atoms. The Kier molecular flexibility index (Phi) is 4.75. The van der Waals surface area contributed by atoms with Gasteiger partial charge in [-0.2, -0.15) is 0 Å². The molecule has 0 spiro atoms. The zero-order chi connectivity index (χ0) is 14.3. The first kappa shape index (κ1) is 14.0. The third kappa shape index (κ3) is 4.24. The lowest BCUT2D eigenvalue weighted by Crippen LogP contribution is -1.87. The molecular formula is C20H18S. The minimum absolute atomic E-state index is 1.00. The van der Waals surface area contributed by atoms with Crippen molar-refractivity contribution in [3.63, 3.8) is 0 Å². The van der Waals surface area contributed by atoms with Crippen LogP contribution in [-0.2, 0) is 12.2 Å². The van der Waals surface area contributed by atoms with Crippen molar-refractivity contribution in [1.29, 1.82) is 0 Å². The Morgan fingerprint density at radius 3 is 1.67 bits per heavy atom. The van der Waals surface area contributed by atoms with Gasteiger partial charge in [0.05, 0.1) is 0 Å². The molecule has 0 aliphatic rings. The van der Waals surface area contributed by atoms with E-state index in [0.29, 0.717) is 0 Å². The van der Waals surface area contributed by atoms with Gasteiger partial charge in [-0.1, -0.05) is 72.8 Å². The van der Waals surface area contributed by atoms with E-state index < -0.39 is 0 Å². The van der Waals surface area contributed by atoms with Crippen molar-refractivity contribution < 1.29 is 0 Å². The molecule has 0 amide bonds. The van der Waals surface area contributed by atoms with Gasteiger partial charge in [-0.15, -0.1) is 11.8 Å². The first-order valence-corrected chi connectivity index (χ1v) is 8.18. The molecule has 0 nitrogen and oxygen atoms in total. The van der Waals surface area contributed by atoms with E-state index in [-0.39, 0.29) is 0 Å². The highest BCUT2D eigenvalue weighted by Gasteiger charge is 1.98. The van der Waals surface area contributed by atoms with Crippen LogP contribution < -0.4 is 0 Å². The summed E-state index contributed by atoms with van der Waals surface area (Å²) in [6.45, 7) is 0. The van der Waals surface area contributed by atoms with Crippen LogP contribution in [0.15, 0.2) is 89.8 Å². The van der Waals surface area contributed by atoms with Crippen molar-refractivity contribution >= 4 is 11.8 Å². The molecule has 0 saturated heterocycles. The molecule has 0 atom stereocenters. The van der Waals surface area contributed by atoms with Gasteiger partial charge in [-0.3, -0.25) is 0 Å². The quantitative estimate of drug-likeness (QED) is 0.554. The highest BCUT2D eigenvalue weighted by atomic mass is 32.2. The molecule has 0 aliphatic carbocycles. The lowest BCUT2D eigenvalue weighted by atomic mass is 10.1. The summed E-state index contributed by atoms with van der Waals surface area (Å²) in [6, 6.07) is 30.2. The van der Waals surface area contributed by atoms with Crippen LogP contribution in [0.5, 0.6) is 0 Å². The average molecular weight is 290 g/mol. The second-order valence-corrected chi connectivity index (χ2v) is 6.13. The fraction of sp³-hybridized carbons (Fsp3) is 0.100.